The van der Waals surface area contributed by atoms with Crippen molar-refractivity contribution in [3.8, 4) is 5.75 Å². The van der Waals surface area contributed by atoms with Crippen molar-refractivity contribution in [2.24, 2.45) is 0 Å². The van der Waals surface area contributed by atoms with Crippen LogP contribution >= 0.6 is 27.5 Å². The van der Waals surface area contributed by atoms with Crippen LogP contribution in [-0.4, -0.2) is 17.6 Å². The first-order valence-corrected chi connectivity index (χ1v) is 5.39. The van der Waals surface area contributed by atoms with Crippen LogP contribution in [0.15, 0.2) is 18.2 Å². The van der Waals surface area contributed by atoms with Crippen LogP contribution < -0.4 is 4.74 Å². The van der Waals surface area contributed by atoms with Crippen LogP contribution in [0.2, 0.25) is 5.02 Å². The standard InChI is InChI=1S/C9H6BrClF4O/c10-7(9(13,14)15)4-16-6-3-1-2-5(11)8(6)12/h1-3,7H,4H2. The summed E-state index contributed by atoms with van der Waals surface area (Å²) in [6.45, 7) is -0.721. The van der Waals surface area contributed by atoms with Crippen LogP contribution in [0.4, 0.5) is 17.6 Å². The maximum atomic E-state index is 13.2. The Labute approximate surface area is 102 Å². The minimum Gasteiger partial charge on any atom is -0.489 e. The molecule has 1 nitrogen and oxygen atoms in total. The minimum atomic E-state index is -4.44. The summed E-state index contributed by atoms with van der Waals surface area (Å²) in [5.41, 5.74) is 0. The molecule has 0 amide bonds. The van der Waals surface area contributed by atoms with Gasteiger partial charge in [-0.2, -0.15) is 13.2 Å². The van der Waals surface area contributed by atoms with Crippen LogP contribution in [-0.2, 0) is 0 Å². The highest BCUT2D eigenvalue weighted by Crippen LogP contribution is 2.29. The van der Waals surface area contributed by atoms with Gasteiger partial charge in [-0.15, -0.1) is 0 Å². The van der Waals surface area contributed by atoms with Gasteiger partial charge in [0.2, 0.25) is 0 Å². The molecule has 0 heterocycles. The number of halogens is 6. The Morgan fingerprint density at radius 2 is 2.00 bits per heavy atom. The zero-order valence-electron chi connectivity index (χ0n) is 7.69. The van der Waals surface area contributed by atoms with Crippen molar-refractivity contribution >= 4 is 27.5 Å². The zero-order valence-corrected chi connectivity index (χ0v) is 10.0. The van der Waals surface area contributed by atoms with Gasteiger partial charge >= 0.3 is 6.18 Å². The van der Waals surface area contributed by atoms with Gasteiger partial charge in [0, 0.05) is 0 Å². The molecule has 0 radical (unpaired) electrons. The van der Waals surface area contributed by atoms with Crippen LogP contribution in [0.3, 0.4) is 0 Å². The van der Waals surface area contributed by atoms with Gasteiger partial charge in [0.1, 0.15) is 11.4 Å². The normalized spacial score (nSPS) is 13.6. The van der Waals surface area contributed by atoms with E-state index in [1.165, 1.54) is 18.2 Å². The summed E-state index contributed by atoms with van der Waals surface area (Å²) in [6, 6.07) is 3.87. The highest BCUT2D eigenvalue weighted by atomic mass is 79.9. The van der Waals surface area contributed by atoms with Crippen molar-refractivity contribution < 1.29 is 22.3 Å². The fourth-order valence-electron chi connectivity index (χ4n) is 0.853. The van der Waals surface area contributed by atoms with Crippen molar-refractivity contribution in [1.29, 1.82) is 0 Å². The third-order valence-corrected chi connectivity index (χ3v) is 2.73. The highest BCUT2D eigenvalue weighted by molar-refractivity contribution is 9.09. The summed E-state index contributed by atoms with van der Waals surface area (Å²) in [4.78, 5) is -1.85. The number of ether oxygens (including phenoxy) is 1. The second-order valence-electron chi connectivity index (χ2n) is 2.87. The van der Waals surface area contributed by atoms with E-state index in [2.05, 4.69) is 20.7 Å². The number of rotatable bonds is 3. The van der Waals surface area contributed by atoms with Gasteiger partial charge in [-0.3, -0.25) is 0 Å². The molecule has 1 aromatic carbocycles. The van der Waals surface area contributed by atoms with E-state index in [0.29, 0.717) is 0 Å². The smallest absolute Gasteiger partial charge is 0.404 e. The molecular formula is C9H6BrClF4O. The van der Waals surface area contributed by atoms with E-state index >= 15 is 0 Å². The van der Waals surface area contributed by atoms with Crippen molar-refractivity contribution in [3.05, 3.63) is 29.0 Å². The SMILES string of the molecule is Fc1c(Cl)cccc1OCC(Br)C(F)(F)F. The van der Waals surface area contributed by atoms with Crippen LogP contribution in [0.5, 0.6) is 5.75 Å². The molecule has 1 unspecified atom stereocenters. The van der Waals surface area contributed by atoms with Crippen LogP contribution in [0.25, 0.3) is 0 Å². The first kappa shape index (κ1) is 13.6. The Hall–Kier alpha value is -0.490. The molecule has 0 saturated heterocycles. The molecule has 0 aliphatic heterocycles. The Kier molecular flexibility index (Phi) is 4.43. The predicted octanol–water partition coefficient (Wildman–Crippen LogP) is 4.18. The Morgan fingerprint density at radius 1 is 1.38 bits per heavy atom. The molecule has 0 aromatic heterocycles. The molecule has 90 valence electrons. The summed E-state index contributed by atoms with van der Waals surface area (Å²) >= 11 is 7.82. The van der Waals surface area contributed by atoms with Gasteiger partial charge in [0.15, 0.2) is 11.6 Å². The Morgan fingerprint density at radius 3 is 2.56 bits per heavy atom. The maximum absolute atomic E-state index is 13.2. The van der Waals surface area contributed by atoms with E-state index in [0.717, 1.165) is 0 Å². The van der Waals surface area contributed by atoms with Crippen LogP contribution in [0, 0.1) is 5.82 Å². The summed E-state index contributed by atoms with van der Waals surface area (Å²) < 4.78 is 54.1. The van der Waals surface area contributed by atoms with E-state index in [9.17, 15) is 17.6 Å². The Balaban J connectivity index is 2.65. The van der Waals surface area contributed by atoms with E-state index < -0.39 is 23.4 Å². The number of hydrogen-bond acceptors (Lipinski definition) is 1. The van der Waals surface area contributed by atoms with E-state index in [-0.39, 0.29) is 10.8 Å². The van der Waals surface area contributed by atoms with Gasteiger partial charge in [0.05, 0.1) is 5.02 Å². The maximum Gasteiger partial charge on any atom is 0.404 e. The summed E-state index contributed by atoms with van der Waals surface area (Å²) in [6.07, 6.45) is -4.44. The van der Waals surface area contributed by atoms with Gasteiger partial charge < -0.3 is 4.74 Å². The third kappa shape index (κ3) is 3.52. The van der Waals surface area contributed by atoms with E-state index in [4.69, 9.17) is 11.6 Å². The Bertz CT molecular complexity index is 369. The van der Waals surface area contributed by atoms with E-state index in [1.807, 2.05) is 0 Å². The van der Waals surface area contributed by atoms with Gasteiger partial charge in [-0.25, -0.2) is 4.39 Å². The first-order valence-electron chi connectivity index (χ1n) is 4.10. The van der Waals surface area contributed by atoms with Crippen molar-refractivity contribution in [2.75, 3.05) is 6.61 Å². The monoisotopic (exact) mass is 320 g/mol. The van der Waals surface area contributed by atoms with Gasteiger partial charge in [-0.1, -0.05) is 33.6 Å². The van der Waals surface area contributed by atoms with E-state index in [1.54, 1.807) is 0 Å². The fraction of sp³-hybridized carbons (Fsp3) is 0.333. The van der Waals surface area contributed by atoms with Crippen molar-refractivity contribution in [2.45, 2.75) is 11.0 Å². The average molecular weight is 321 g/mol. The van der Waals surface area contributed by atoms with Gasteiger partial charge in [0.25, 0.3) is 0 Å². The minimum absolute atomic E-state index is 0.198. The van der Waals surface area contributed by atoms with Crippen molar-refractivity contribution in [1.82, 2.24) is 0 Å². The lowest BCUT2D eigenvalue weighted by atomic mass is 10.3. The largest absolute Gasteiger partial charge is 0.489 e. The highest BCUT2D eigenvalue weighted by Gasteiger charge is 2.38. The van der Waals surface area contributed by atoms with Gasteiger partial charge in [-0.05, 0) is 12.1 Å². The molecule has 1 aromatic rings. The quantitative estimate of drug-likeness (QED) is 0.599. The third-order valence-electron chi connectivity index (χ3n) is 1.66. The molecule has 1 rings (SSSR count). The van der Waals surface area contributed by atoms with Crippen molar-refractivity contribution in [3.63, 3.8) is 0 Å². The summed E-state index contributed by atoms with van der Waals surface area (Å²) in [7, 11) is 0. The first-order chi connectivity index (χ1) is 7.32. The molecule has 0 aliphatic rings. The topological polar surface area (TPSA) is 9.23 Å². The molecule has 0 bridgehead atoms. The van der Waals surface area contributed by atoms with Crippen LogP contribution in [0.1, 0.15) is 0 Å². The molecule has 0 fully saturated rings. The number of alkyl halides is 4. The lowest BCUT2D eigenvalue weighted by molar-refractivity contribution is -0.132. The molecule has 0 N–H and O–H groups in total. The average Bonchev–Trinajstić information content (AvgIpc) is 2.18. The summed E-state index contributed by atoms with van der Waals surface area (Å²) in [5, 5.41) is -0.198. The fourth-order valence-corrected chi connectivity index (χ4v) is 1.15. The molecule has 0 saturated carbocycles. The lowest BCUT2D eigenvalue weighted by Crippen LogP contribution is -2.29. The molecular weight excluding hydrogens is 315 g/mol. The summed E-state index contributed by atoms with van der Waals surface area (Å²) in [5.74, 6) is -1.17. The lowest BCUT2D eigenvalue weighted by Gasteiger charge is -2.15. The molecule has 1 atom stereocenters. The zero-order chi connectivity index (χ0) is 12.3. The molecule has 0 spiro atoms. The predicted molar refractivity (Wildman–Crippen MR) is 55.7 cm³/mol. The second kappa shape index (κ2) is 5.23. The molecule has 16 heavy (non-hydrogen) atoms. The second-order valence-corrected chi connectivity index (χ2v) is 4.38. The molecule has 0 aliphatic carbocycles. The number of hydrogen-bond donors (Lipinski definition) is 0. The number of benzene rings is 1. The molecule has 7 heteroatoms.